The minimum Gasteiger partial charge on any atom is -0.465 e. The monoisotopic (exact) mass is 465 g/mol. The zero-order valence-corrected chi connectivity index (χ0v) is 19.6. The fourth-order valence-electron chi connectivity index (χ4n) is 3.79. The SMILES string of the molecule is CCN(CCOC)c1nnc(C(CC2CCN(C(=O)O)CC2)NC(=O)c2ccc(C)s2)o1. The first-order valence-electron chi connectivity index (χ1n) is 10.8. The molecule has 1 atom stereocenters. The van der Waals surface area contributed by atoms with Gasteiger partial charge in [-0.3, -0.25) is 4.79 Å². The van der Waals surface area contributed by atoms with Crippen LogP contribution in [0.5, 0.6) is 0 Å². The highest BCUT2D eigenvalue weighted by Gasteiger charge is 2.30. The van der Waals surface area contributed by atoms with Crippen molar-refractivity contribution in [2.45, 2.75) is 39.2 Å². The molecule has 1 aliphatic heterocycles. The van der Waals surface area contributed by atoms with Gasteiger partial charge in [-0.1, -0.05) is 5.10 Å². The molecule has 3 heterocycles. The molecule has 2 amide bonds. The number of hydrogen-bond donors (Lipinski definition) is 2. The van der Waals surface area contributed by atoms with Crippen LogP contribution in [0.25, 0.3) is 0 Å². The number of likely N-dealkylation sites (tertiary alicyclic amines) is 1. The second-order valence-corrected chi connectivity index (χ2v) is 9.17. The number of likely N-dealkylation sites (N-methyl/N-ethyl adjacent to an activating group) is 1. The number of aryl methyl sites for hydroxylation is 1. The third-order valence-corrected chi connectivity index (χ3v) is 6.67. The molecule has 1 aliphatic rings. The molecule has 0 radical (unpaired) electrons. The molecule has 1 saturated heterocycles. The Labute approximate surface area is 191 Å². The number of piperidine rings is 1. The van der Waals surface area contributed by atoms with E-state index in [1.807, 2.05) is 24.8 Å². The molecule has 1 fully saturated rings. The van der Waals surface area contributed by atoms with Crippen LogP contribution in [0.3, 0.4) is 0 Å². The van der Waals surface area contributed by atoms with Crippen molar-refractivity contribution in [3.8, 4) is 0 Å². The molecule has 2 aromatic heterocycles. The highest BCUT2D eigenvalue weighted by Crippen LogP contribution is 2.30. The average molecular weight is 466 g/mol. The molecule has 176 valence electrons. The van der Waals surface area contributed by atoms with Gasteiger partial charge in [-0.15, -0.1) is 16.4 Å². The summed E-state index contributed by atoms with van der Waals surface area (Å²) in [6, 6.07) is 3.66. The van der Waals surface area contributed by atoms with Gasteiger partial charge in [-0.05, 0) is 51.2 Å². The Balaban J connectivity index is 1.74. The van der Waals surface area contributed by atoms with E-state index < -0.39 is 12.1 Å². The molecule has 32 heavy (non-hydrogen) atoms. The predicted molar refractivity (Wildman–Crippen MR) is 120 cm³/mol. The van der Waals surface area contributed by atoms with E-state index in [0.717, 1.165) is 17.7 Å². The minimum atomic E-state index is -0.890. The molecule has 11 heteroatoms. The lowest BCUT2D eigenvalue weighted by Gasteiger charge is -2.31. The smallest absolute Gasteiger partial charge is 0.407 e. The van der Waals surface area contributed by atoms with Gasteiger partial charge in [-0.25, -0.2) is 4.79 Å². The molecule has 2 aromatic rings. The topological polar surface area (TPSA) is 121 Å². The normalized spacial score (nSPS) is 15.5. The van der Waals surface area contributed by atoms with Gasteiger partial charge in [0.15, 0.2) is 0 Å². The maximum Gasteiger partial charge on any atom is 0.407 e. The molecule has 0 saturated carbocycles. The Hall–Kier alpha value is -2.66. The number of hydrogen-bond acceptors (Lipinski definition) is 8. The molecule has 0 aromatic carbocycles. The van der Waals surface area contributed by atoms with Crippen LogP contribution < -0.4 is 10.2 Å². The fraction of sp³-hybridized carbons (Fsp3) is 0.619. The molecule has 2 N–H and O–H groups in total. The molecule has 3 rings (SSSR count). The lowest BCUT2D eigenvalue weighted by Crippen LogP contribution is -2.39. The van der Waals surface area contributed by atoms with Crippen molar-refractivity contribution < 1.29 is 23.8 Å². The Bertz CT molecular complexity index is 893. The van der Waals surface area contributed by atoms with Crippen LogP contribution in [0.4, 0.5) is 10.8 Å². The highest BCUT2D eigenvalue weighted by molar-refractivity contribution is 7.13. The van der Waals surface area contributed by atoms with Crippen LogP contribution in [0.1, 0.15) is 52.7 Å². The van der Waals surface area contributed by atoms with Crippen LogP contribution in [0.15, 0.2) is 16.5 Å². The van der Waals surface area contributed by atoms with E-state index in [2.05, 4.69) is 15.5 Å². The lowest BCUT2D eigenvalue weighted by molar-refractivity contribution is 0.0916. The average Bonchev–Trinajstić information content (AvgIpc) is 3.44. The van der Waals surface area contributed by atoms with Crippen LogP contribution >= 0.6 is 11.3 Å². The first-order valence-corrected chi connectivity index (χ1v) is 11.6. The molecule has 1 unspecified atom stereocenters. The zero-order valence-electron chi connectivity index (χ0n) is 18.7. The summed E-state index contributed by atoms with van der Waals surface area (Å²) < 4.78 is 11.1. The van der Waals surface area contributed by atoms with Crippen molar-refractivity contribution in [2.24, 2.45) is 5.92 Å². The second-order valence-electron chi connectivity index (χ2n) is 7.88. The molecular formula is C21H31N5O5S. The van der Waals surface area contributed by atoms with Crippen molar-refractivity contribution in [3.63, 3.8) is 0 Å². The highest BCUT2D eigenvalue weighted by atomic mass is 32.1. The molecule has 0 aliphatic carbocycles. The molecule has 10 nitrogen and oxygen atoms in total. The first kappa shape index (κ1) is 24.0. The van der Waals surface area contributed by atoms with Crippen LogP contribution in [-0.2, 0) is 4.74 Å². The van der Waals surface area contributed by atoms with E-state index in [-0.39, 0.29) is 11.8 Å². The van der Waals surface area contributed by atoms with Crippen molar-refractivity contribution in [1.29, 1.82) is 0 Å². The number of thiophene rings is 1. The third-order valence-electron chi connectivity index (χ3n) is 5.67. The predicted octanol–water partition coefficient (Wildman–Crippen LogP) is 3.16. The van der Waals surface area contributed by atoms with E-state index in [9.17, 15) is 14.7 Å². The summed E-state index contributed by atoms with van der Waals surface area (Å²) in [5.74, 6) is 0.424. The van der Waals surface area contributed by atoms with E-state index >= 15 is 0 Å². The Morgan fingerprint density at radius 3 is 2.72 bits per heavy atom. The van der Waals surface area contributed by atoms with Gasteiger partial charge in [0.2, 0.25) is 5.89 Å². The number of carboxylic acid groups (broad SMARTS) is 1. The van der Waals surface area contributed by atoms with E-state index in [1.54, 1.807) is 13.2 Å². The first-order chi connectivity index (χ1) is 15.4. The Kier molecular flexibility index (Phi) is 8.46. The fourth-order valence-corrected chi connectivity index (χ4v) is 4.56. The summed E-state index contributed by atoms with van der Waals surface area (Å²) in [4.78, 5) is 29.1. The Morgan fingerprint density at radius 2 is 2.12 bits per heavy atom. The number of methoxy groups -OCH3 is 1. The summed E-state index contributed by atoms with van der Waals surface area (Å²) in [6.45, 7) is 6.76. The molecule has 0 spiro atoms. The van der Waals surface area contributed by atoms with E-state index in [1.165, 1.54) is 16.2 Å². The summed E-state index contributed by atoms with van der Waals surface area (Å²) in [5, 5.41) is 20.7. The quantitative estimate of drug-likeness (QED) is 0.549. The standard InChI is InChI=1S/C21H31N5O5S/c1-4-25(11-12-30-3)20-24-23-19(31-20)16(22-18(27)17-6-5-14(2)32-17)13-15-7-9-26(10-8-15)21(28)29/h5-6,15-16H,4,7-13H2,1-3H3,(H,22,27)(H,28,29). The maximum atomic E-state index is 12.9. The van der Waals surface area contributed by atoms with Crippen molar-refractivity contribution in [3.05, 3.63) is 27.8 Å². The number of carbonyl (C=O) groups excluding carboxylic acids is 1. The van der Waals surface area contributed by atoms with Crippen LogP contribution in [0, 0.1) is 12.8 Å². The number of nitrogens with zero attached hydrogens (tertiary/aromatic N) is 4. The number of ether oxygens (including phenoxy) is 1. The Morgan fingerprint density at radius 1 is 1.38 bits per heavy atom. The number of carbonyl (C=O) groups is 2. The second kappa shape index (κ2) is 11.3. The summed E-state index contributed by atoms with van der Waals surface area (Å²) >= 11 is 1.43. The lowest BCUT2D eigenvalue weighted by atomic mass is 9.90. The van der Waals surface area contributed by atoms with Gasteiger partial charge in [0, 0.05) is 38.2 Å². The van der Waals surface area contributed by atoms with Crippen LogP contribution in [0.2, 0.25) is 0 Å². The zero-order chi connectivity index (χ0) is 23.1. The molecule has 0 bridgehead atoms. The van der Waals surface area contributed by atoms with Crippen LogP contribution in [-0.4, -0.2) is 72.1 Å². The largest absolute Gasteiger partial charge is 0.465 e. The van der Waals surface area contributed by atoms with Gasteiger partial charge in [0.05, 0.1) is 11.5 Å². The number of anilines is 1. The summed E-state index contributed by atoms with van der Waals surface area (Å²) in [6.07, 6.45) is 1.17. The maximum absolute atomic E-state index is 12.9. The number of amides is 2. The summed E-state index contributed by atoms with van der Waals surface area (Å²) in [7, 11) is 1.64. The van der Waals surface area contributed by atoms with E-state index in [4.69, 9.17) is 9.15 Å². The van der Waals surface area contributed by atoms with Crippen molar-refractivity contribution in [2.75, 3.05) is 44.8 Å². The third kappa shape index (κ3) is 6.19. The number of aromatic nitrogens is 2. The van der Waals surface area contributed by atoms with Gasteiger partial charge in [0.1, 0.15) is 6.04 Å². The van der Waals surface area contributed by atoms with Gasteiger partial charge in [0.25, 0.3) is 5.91 Å². The van der Waals surface area contributed by atoms with Gasteiger partial charge >= 0.3 is 12.1 Å². The van der Waals surface area contributed by atoms with E-state index in [0.29, 0.717) is 56.0 Å². The number of nitrogens with one attached hydrogen (secondary N) is 1. The van der Waals surface area contributed by atoms with Crippen molar-refractivity contribution >= 4 is 29.4 Å². The van der Waals surface area contributed by atoms with Crippen molar-refractivity contribution in [1.82, 2.24) is 20.4 Å². The molecular weight excluding hydrogens is 434 g/mol. The summed E-state index contributed by atoms with van der Waals surface area (Å²) in [5.41, 5.74) is 0. The van der Waals surface area contributed by atoms with Gasteiger partial charge in [-0.2, -0.15) is 0 Å². The minimum absolute atomic E-state index is 0.178. The number of rotatable bonds is 10. The van der Waals surface area contributed by atoms with Gasteiger partial charge < -0.3 is 29.4 Å².